The van der Waals surface area contributed by atoms with Crippen molar-refractivity contribution >= 4 is 14.2 Å². The highest BCUT2D eigenvalue weighted by Crippen LogP contribution is 2.47. The molecule has 4 rings (SSSR count). The summed E-state index contributed by atoms with van der Waals surface area (Å²) in [5, 5.41) is 0. The number of hydrogen-bond donors (Lipinski definition) is 0. The summed E-state index contributed by atoms with van der Waals surface area (Å²) in [5.74, 6) is 0.354. The maximum Gasteiger partial charge on any atom is 0.461 e. The van der Waals surface area contributed by atoms with Crippen LogP contribution in [0.25, 0.3) is 11.1 Å². The standard InChI is InChI=1S/C32H46B2O4/c1-10-14-27(33-35-29(2,3)30(4,5)36-33)23-28(34-37-31(6,7)32(8,9)38-34)22-19-24-17-20-26(21-18-24)25-15-12-11-13-16-25/h10-13,15-18,20-21,27-28H,1,14,19,22-23H2,2-9H3/t27-,28-/m0/s1. The van der Waals surface area contributed by atoms with Crippen LogP contribution in [0.3, 0.4) is 0 Å². The Balaban J connectivity index is 1.52. The molecule has 0 amide bonds. The Morgan fingerprint density at radius 1 is 0.658 bits per heavy atom. The fraction of sp³-hybridized carbons (Fsp3) is 0.562. The van der Waals surface area contributed by atoms with Crippen molar-refractivity contribution in [2.75, 3.05) is 0 Å². The lowest BCUT2D eigenvalue weighted by molar-refractivity contribution is 0.00578. The van der Waals surface area contributed by atoms with Gasteiger partial charge in [0.25, 0.3) is 0 Å². The molecule has 2 aromatic carbocycles. The van der Waals surface area contributed by atoms with Gasteiger partial charge in [-0.15, -0.1) is 6.58 Å². The van der Waals surface area contributed by atoms with Gasteiger partial charge in [0.05, 0.1) is 22.4 Å². The van der Waals surface area contributed by atoms with E-state index in [4.69, 9.17) is 18.6 Å². The predicted molar refractivity (Wildman–Crippen MR) is 159 cm³/mol. The van der Waals surface area contributed by atoms with Crippen molar-refractivity contribution in [2.45, 2.75) is 115 Å². The molecule has 204 valence electrons. The van der Waals surface area contributed by atoms with Gasteiger partial charge in [0.15, 0.2) is 0 Å². The van der Waals surface area contributed by atoms with Gasteiger partial charge in [-0.05, 0) is 103 Å². The van der Waals surface area contributed by atoms with E-state index in [2.05, 4.69) is 117 Å². The zero-order valence-corrected chi connectivity index (χ0v) is 24.8. The zero-order chi connectivity index (χ0) is 27.8. The highest BCUT2D eigenvalue weighted by atomic mass is 16.7. The minimum atomic E-state index is -0.370. The summed E-state index contributed by atoms with van der Waals surface area (Å²) in [6, 6.07) is 19.5. The largest absolute Gasteiger partial charge is 0.461 e. The van der Waals surface area contributed by atoms with E-state index in [0.717, 1.165) is 25.7 Å². The van der Waals surface area contributed by atoms with Crippen molar-refractivity contribution in [3.8, 4) is 11.1 Å². The molecular weight excluding hydrogens is 470 g/mol. The molecule has 2 aliphatic rings. The van der Waals surface area contributed by atoms with Gasteiger partial charge in [0.2, 0.25) is 0 Å². The first-order valence-electron chi connectivity index (χ1n) is 14.2. The van der Waals surface area contributed by atoms with Crippen LogP contribution in [0.1, 0.15) is 80.2 Å². The molecule has 0 aromatic heterocycles. The molecule has 2 aliphatic heterocycles. The van der Waals surface area contributed by atoms with E-state index in [1.165, 1.54) is 16.7 Å². The molecule has 2 fully saturated rings. The van der Waals surface area contributed by atoms with E-state index in [9.17, 15) is 0 Å². The van der Waals surface area contributed by atoms with E-state index >= 15 is 0 Å². The molecule has 2 saturated heterocycles. The van der Waals surface area contributed by atoms with Gasteiger partial charge in [-0.1, -0.05) is 67.1 Å². The number of allylic oxidation sites excluding steroid dienone is 1. The van der Waals surface area contributed by atoms with E-state index < -0.39 is 0 Å². The molecule has 2 aromatic rings. The average Bonchev–Trinajstić information content (AvgIpc) is 3.21. The fourth-order valence-corrected chi connectivity index (χ4v) is 5.30. The van der Waals surface area contributed by atoms with Crippen LogP contribution in [0.2, 0.25) is 11.6 Å². The fourth-order valence-electron chi connectivity index (χ4n) is 5.30. The zero-order valence-electron chi connectivity index (χ0n) is 24.8. The molecule has 2 heterocycles. The Kier molecular flexibility index (Phi) is 8.41. The number of rotatable bonds is 10. The summed E-state index contributed by atoms with van der Waals surface area (Å²) >= 11 is 0. The molecule has 2 atom stereocenters. The maximum absolute atomic E-state index is 6.59. The number of benzene rings is 2. The quantitative estimate of drug-likeness (QED) is 0.236. The molecule has 6 heteroatoms. The Morgan fingerprint density at radius 3 is 1.58 bits per heavy atom. The maximum atomic E-state index is 6.59. The molecule has 38 heavy (non-hydrogen) atoms. The Hall–Kier alpha value is -1.85. The van der Waals surface area contributed by atoms with Crippen LogP contribution in [0.15, 0.2) is 67.3 Å². The van der Waals surface area contributed by atoms with Gasteiger partial charge >= 0.3 is 14.2 Å². The van der Waals surface area contributed by atoms with Crippen molar-refractivity contribution < 1.29 is 18.6 Å². The smallest absolute Gasteiger partial charge is 0.403 e. The SMILES string of the molecule is C=CC[C@@H](C[C@H](CCc1ccc(-c2ccccc2)cc1)B1OC(C)(C)C(C)(C)O1)B1OC(C)(C)C(C)(C)O1. The molecule has 0 spiro atoms. The van der Waals surface area contributed by atoms with Crippen LogP contribution in [0.5, 0.6) is 0 Å². The number of hydrogen-bond acceptors (Lipinski definition) is 4. The van der Waals surface area contributed by atoms with Crippen LogP contribution in [0.4, 0.5) is 0 Å². The molecule has 4 nitrogen and oxygen atoms in total. The van der Waals surface area contributed by atoms with Crippen molar-refractivity contribution in [1.29, 1.82) is 0 Å². The Bertz CT molecular complexity index is 1050. The summed E-state index contributed by atoms with van der Waals surface area (Å²) in [6.45, 7) is 21.0. The van der Waals surface area contributed by atoms with Gasteiger partial charge in [0.1, 0.15) is 0 Å². The van der Waals surface area contributed by atoms with Gasteiger partial charge < -0.3 is 18.6 Å². The van der Waals surface area contributed by atoms with Crippen LogP contribution in [-0.2, 0) is 25.0 Å². The van der Waals surface area contributed by atoms with Crippen molar-refractivity contribution in [1.82, 2.24) is 0 Å². The monoisotopic (exact) mass is 516 g/mol. The topological polar surface area (TPSA) is 36.9 Å². The molecule has 0 radical (unpaired) electrons. The summed E-state index contributed by atoms with van der Waals surface area (Å²) in [5.41, 5.74) is 2.33. The van der Waals surface area contributed by atoms with Crippen LogP contribution in [-0.4, -0.2) is 36.6 Å². The lowest BCUT2D eigenvalue weighted by atomic mass is 9.58. The molecule has 0 unspecified atom stereocenters. The molecule has 0 saturated carbocycles. The van der Waals surface area contributed by atoms with Crippen LogP contribution in [0, 0.1) is 0 Å². The minimum Gasteiger partial charge on any atom is -0.403 e. The third-order valence-electron chi connectivity index (χ3n) is 9.25. The first-order valence-corrected chi connectivity index (χ1v) is 14.2. The van der Waals surface area contributed by atoms with E-state index in [1.54, 1.807) is 0 Å². The van der Waals surface area contributed by atoms with Crippen LogP contribution >= 0.6 is 0 Å². The first-order chi connectivity index (χ1) is 17.7. The second-order valence-electron chi connectivity index (χ2n) is 13.1. The van der Waals surface area contributed by atoms with Gasteiger partial charge in [0, 0.05) is 0 Å². The number of aryl methyl sites for hydroxylation is 1. The first kappa shape index (κ1) is 29.1. The van der Waals surface area contributed by atoms with E-state index in [0.29, 0.717) is 0 Å². The molecule has 0 N–H and O–H groups in total. The normalized spacial score (nSPS) is 22.8. The Morgan fingerprint density at radius 2 is 1.11 bits per heavy atom. The lowest BCUT2D eigenvalue weighted by Gasteiger charge is -2.32. The predicted octanol–water partition coefficient (Wildman–Crippen LogP) is 8.18. The van der Waals surface area contributed by atoms with E-state index in [-0.39, 0.29) is 48.3 Å². The van der Waals surface area contributed by atoms with Crippen molar-refractivity contribution in [3.63, 3.8) is 0 Å². The van der Waals surface area contributed by atoms with Gasteiger partial charge in [-0.2, -0.15) is 0 Å². The molecular formula is C32H46B2O4. The third-order valence-corrected chi connectivity index (χ3v) is 9.25. The summed E-state index contributed by atoms with van der Waals surface area (Å²) in [7, 11) is -0.564. The second kappa shape index (κ2) is 11.0. The molecule has 0 aliphatic carbocycles. The van der Waals surface area contributed by atoms with Crippen molar-refractivity contribution in [2.24, 2.45) is 0 Å². The second-order valence-corrected chi connectivity index (χ2v) is 13.1. The van der Waals surface area contributed by atoms with E-state index in [1.807, 2.05) is 6.08 Å². The molecule has 0 bridgehead atoms. The highest BCUT2D eigenvalue weighted by molar-refractivity contribution is 6.49. The summed E-state index contributed by atoms with van der Waals surface area (Å²) in [6.07, 6.45) is 5.59. The summed E-state index contributed by atoms with van der Waals surface area (Å²) in [4.78, 5) is 0. The average molecular weight is 516 g/mol. The van der Waals surface area contributed by atoms with Gasteiger partial charge in [-0.3, -0.25) is 0 Å². The highest BCUT2D eigenvalue weighted by Gasteiger charge is 2.56. The minimum absolute atomic E-state index is 0.165. The van der Waals surface area contributed by atoms with Crippen LogP contribution < -0.4 is 0 Å². The summed E-state index contributed by atoms with van der Waals surface area (Å²) < 4.78 is 26.2. The lowest BCUT2D eigenvalue weighted by Crippen LogP contribution is -2.41. The van der Waals surface area contributed by atoms with Crippen molar-refractivity contribution in [3.05, 3.63) is 72.8 Å². The third kappa shape index (κ3) is 6.14. The van der Waals surface area contributed by atoms with Gasteiger partial charge in [-0.25, -0.2) is 0 Å². The Labute approximate surface area is 231 Å².